The molecule has 1 unspecified atom stereocenters. The number of aryl methyl sites for hydroxylation is 2. The molecule has 0 bridgehead atoms. The number of nitrogens with one attached hydrogen (secondary N) is 1. The molecule has 0 fully saturated rings. The first kappa shape index (κ1) is 19.9. The van der Waals surface area contributed by atoms with Gasteiger partial charge in [0, 0.05) is 0 Å². The van der Waals surface area contributed by atoms with Gasteiger partial charge in [-0.05, 0) is 72.2 Å². The standard InChI is InChI=1S/C20H23N5O2S/c1-13-5-6-16(11-14(13)2)15(3)21-19(26)12-28-20-22-23-24-25(20)17-7-9-18(27-4)10-8-17/h5-11,15H,12H2,1-4H3,(H,21,26). The topological polar surface area (TPSA) is 81.9 Å². The van der Waals surface area contributed by atoms with E-state index >= 15 is 0 Å². The Morgan fingerprint density at radius 3 is 2.61 bits per heavy atom. The summed E-state index contributed by atoms with van der Waals surface area (Å²) in [5, 5.41) is 15.3. The molecule has 3 rings (SSSR count). The fourth-order valence-electron chi connectivity index (χ4n) is 2.68. The highest BCUT2D eigenvalue weighted by Crippen LogP contribution is 2.21. The fraction of sp³-hybridized carbons (Fsp3) is 0.300. The van der Waals surface area contributed by atoms with E-state index in [2.05, 4.69) is 46.8 Å². The van der Waals surface area contributed by atoms with Crippen LogP contribution in [0.1, 0.15) is 29.7 Å². The number of carbonyl (C=O) groups excluding carboxylic acids is 1. The monoisotopic (exact) mass is 397 g/mol. The zero-order valence-electron chi connectivity index (χ0n) is 16.3. The van der Waals surface area contributed by atoms with Crippen LogP contribution in [0.3, 0.4) is 0 Å². The summed E-state index contributed by atoms with van der Waals surface area (Å²) < 4.78 is 6.77. The van der Waals surface area contributed by atoms with E-state index in [4.69, 9.17) is 4.74 Å². The van der Waals surface area contributed by atoms with Gasteiger partial charge in [-0.1, -0.05) is 30.0 Å². The molecule has 2 aromatic carbocycles. The SMILES string of the molecule is COc1ccc(-n2nnnc2SCC(=O)NC(C)c2ccc(C)c(C)c2)cc1. The van der Waals surface area contributed by atoms with Crippen molar-refractivity contribution in [2.24, 2.45) is 0 Å². The average molecular weight is 398 g/mol. The number of methoxy groups -OCH3 is 1. The molecule has 0 saturated carbocycles. The number of benzene rings is 2. The molecule has 0 aliphatic rings. The third kappa shape index (κ3) is 4.69. The van der Waals surface area contributed by atoms with Gasteiger partial charge in [0.05, 0.1) is 24.6 Å². The molecular formula is C20H23N5O2S. The molecule has 1 N–H and O–H groups in total. The van der Waals surface area contributed by atoms with Crippen LogP contribution in [0, 0.1) is 13.8 Å². The Bertz CT molecular complexity index is 955. The van der Waals surface area contributed by atoms with Crippen molar-refractivity contribution in [3.05, 3.63) is 59.2 Å². The number of hydrogen-bond donors (Lipinski definition) is 1. The second-order valence-electron chi connectivity index (χ2n) is 6.49. The average Bonchev–Trinajstić information content (AvgIpc) is 3.17. The third-order valence-electron chi connectivity index (χ3n) is 4.50. The molecule has 0 aliphatic carbocycles. The Morgan fingerprint density at radius 1 is 1.18 bits per heavy atom. The molecule has 1 aromatic heterocycles. The summed E-state index contributed by atoms with van der Waals surface area (Å²) in [4.78, 5) is 12.4. The summed E-state index contributed by atoms with van der Waals surface area (Å²) >= 11 is 1.29. The molecular weight excluding hydrogens is 374 g/mol. The van der Waals surface area contributed by atoms with E-state index in [0.29, 0.717) is 5.16 Å². The van der Waals surface area contributed by atoms with Crippen molar-refractivity contribution in [2.45, 2.75) is 32.0 Å². The van der Waals surface area contributed by atoms with Crippen molar-refractivity contribution in [1.82, 2.24) is 25.5 Å². The third-order valence-corrected chi connectivity index (χ3v) is 5.42. The van der Waals surface area contributed by atoms with Crippen molar-refractivity contribution >= 4 is 17.7 Å². The summed E-state index contributed by atoms with van der Waals surface area (Å²) in [7, 11) is 1.62. The Balaban J connectivity index is 1.60. The minimum Gasteiger partial charge on any atom is -0.497 e. The number of rotatable bonds is 7. The number of amides is 1. The van der Waals surface area contributed by atoms with Crippen LogP contribution < -0.4 is 10.1 Å². The molecule has 1 heterocycles. The first-order valence-corrected chi connectivity index (χ1v) is 9.88. The zero-order chi connectivity index (χ0) is 20.1. The Kier molecular flexibility index (Phi) is 6.30. The van der Waals surface area contributed by atoms with E-state index in [1.807, 2.05) is 37.3 Å². The van der Waals surface area contributed by atoms with E-state index in [1.54, 1.807) is 11.8 Å². The number of aromatic nitrogens is 4. The lowest BCUT2D eigenvalue weighted by Gasteiger charge is -2.15. The van der Waals surface area contributed by atoms with E-state index in [1.165, 1.54) is 22.9 Å². The highest BCUT2D eigenvalue weighted by atomic mass is 32.2. The van der Waals surface area contributed by atoms with Crippen molar-refractivity contribution in [2.75, 3.05) is 12.9 Å². The lowest BCUT2D eigenvalue weighted by Crippen LogP contribution is -2.28. The zero-order valence-corrected chi connectivity index (χ0v) is 17.2. The van der Waals surface area contributed by atoms with Crippen LogP contribution in [0.25, 0.3) is 5.69 Å². The van der Waals surface area contributed by atoms with Gasteiger partial charge in [-0.2, -0.15) is 4.68 Å². The van der Waals surface area contributed by atoms with Crippen molar-refractivity contribution in [3.8, 4) is 11.4 Å². The molecule has 0 spiro atoms. The van der Waals surface area contributed by atoms with E-state index in [0.717, 1.165) is 17.0 Å². The molecule has 0 aliphatic heterocycles. The predicted octanol–water partition coefficient (Wildman–Crippen LogP) is 3.26. The summed E-state index contributed by atoms with van der Waals surface area (Å²) in [6, 6.07) is 13.6. The van der Waals surface area contributed by atoms with Crippen LogP contribution in [0.15, 0.2) is 47.6 Å². The van der Waals surface area contributed by atoms with Crippen LogP contribution in [-0.2, 0) is 4.79 Å². The van der Waals surface area contributed by atoms with Gasteiger partial charge in [0.15, 0.2) is 0 Å². The minimum atomic E-state index is -0.0694. The molecule has 1 amide bonds. The van der Waals surface area contributed by atoms with Crippen LogP contribution in [0.2, 0.25) is 0 Å². The van der Waals surface area contributed by atoms with Gasteiger partial charge >= 0.3 is 0 Å². The summed E-state index contributed by atoms with van der Waals surface area (Å²) in [5.74, 6) is 0.914. The number of tetrazole rings is 1. The lowest BCUT2D eigenvalue weighted by atomic mass is 10.0. The summed E-state index contributed by atoms with van der Waals surface area (Å²) in [6.45, 7) is 6.13. The fourth-order valence-corrected chi connectivity index (χ4v) is 3.39. The van der Waals surface area contributed by atoms with Gasteiger partial charge in [0.25, 0.3) is 0 Å². The van der Waals surface area contributed by atoms with Gasteiger partial charge in [-0.3, -0.25) is 4.79 Å². The number of hydrogen-bond acceptors (Lipinski definition) is 6. The van der Waals surface area contributed by atoms with Crippen LogP contribution in [0.5, 0.6) is 5.75 Å². The quantitative estimate of drug-likeness (QED) is 0.616. The van der Waals surface area contributed by atoms with Crippen molar-refractivity contribution in [1.29, 1.82) is 0 Å². The maximum Gasteiger partial charge on any atom is 0.230 e. The summed E-state index contributed by atoms with van der Waals surface area (Å²) in [5.41, 5.74) is 4.34. The first-order valence-electron chi connectivity index (χ1n) is 8.90. The second-order valence-corrected chi connectivity index (χ2v) is 7.44. The highest BCUT2D eigenvalue weighted by Gasteiger charge is 2.14. The summed E-state index contributed by atoms with van der Waals surface area (Å²) in [6.07, 6.45) is 0. The Hall–Kier alpha value is -2.87. The molecule has 0 saturated heterocycles. The maximum absolute atomic E-state index is 12.4. The van der Waals surface area contributed by atoms with Crippen LogP contribution in [-0.4, -0.2) is 39.0 Å². The molecule has 3 aromatic rings. The second kappa shape index (κ2) is 8.88. The lowest BCUT2D eigenvalue weighted by molar-refractivity contribution is -0.119. The predicted molar refractivity (Wildman–Crippen MR) is 109 cm³/mol. The largest absolute Gasteiger partial charge is 0.497 e. The smallest absolute Gasteiger partial charge is 0.230 e. The van der Waals surface area contributed by atoms with Crippen LogP contribution in [0.4, 0.5) is 0 Å². The molecule has 1 atom stereocenters. The maximum atomic E-state index is 12.4. The first-order chi connectivity index (χ1) is 13.5. The number of thioether (sulfide) groups is 1. The van der Waals surface area contributed by atoms with Gasteiger partial charge in [0.2, 0.25) is 11.1 Å². The van der Waals surface area contributed by atoms with Crippen LogP contribution >= 0.6 is 11.8 Å². The Morgan fingerprint density at radius 2 is 1.93 bits per heavy atom. The van der Waals surface area contributed by atoms with Gasteiger partial charge < -0.3 is 10.1 Å². The molecule has 7 nitrogen and oxygen atoms in total. The highest BCUT2D eigenvalue weighted by molar-refractivity contribution is 7.99. The number of carbonyl (C=O) groups is 1. The molecule has 8 heteroatoms. The van der Waals surface area contributed by atoms with E-state index in [-0.39, 0.29) is 17.7 Å². The number of nitrogens with zero attached hydrogens (tertiary/aromatic N) is 4. The van der Waals surface area contributed by atoms with Crippen molar-refractivity contribution < 1.29 is 9.53 Å². The van der Waals surface area contributed by atoms with Gasteiger partial charge in [-0.25, -0.2) is 0 Å². The van der Waals surface area contributed by atoms with E-state index in [9.17, 15) is 4.79 Å². The van der Waals surface area contributed by atoms with E-state index < -0.39 is 0 Å². The Labute approximate surface area is 168 Å². The molecule has 146 valence electrons. The van der Waals surface area contributed by atoms with Crippen molar-refractivity contribution in [3.63, 3.8) is 0 Å². The molecule has 28 heavy (non-hydrogen) atoms. The van der Waals surface area contributed by atoms with Gasteiger partial charge in [-0.15, -0.1) is 5.10 Å². The molecule has 0 radical (unpaired) electrons. The number of ether oxygens (including phenoxy) is 1. The minimum absolute atomic E-state index is 0.0648. The van der Waals surface area contributed by atoms with Gasteiger partial charge in [0.1, 0.15) is 5.75 Å². The normalized spacial score (nSPS) is 11.9.